The molecule has 7 rings (SSSR count). The zero-order valence-electron chi connectivity index (χ0n) is 53.9. The van der Waals surface area contributed by atoms with Crippen molar-refractivity contribution in [2.45, 2.75) is 159 Å². The molecule has 95 heavy (non-hydrogen) atoms. The van der Waals surface area contributed by atoms with Crippen LogP contribution in [0.1, 0.15) is 94.0 Å². The van der Waals surface area contributed by atoms with Gasteiger partial charge in [-0.15, -0.1) is 0 Å². The number of phenols is 2. The maximum atomic E-state index is 15.2. The summed E-state index contributed by atoms with van der Waals surface area (Å²) in [7, 11) is 0. The van der Waals surface area contributed by atoms with Gasteiger partial charge in [-0.1, -0.05) is 143 Å². The van der Waals surface area contributed by atoms with Crippen molar-refractivity contribution in [2.75, 3.05) is 13.1 Å². The van der Waals surface area contributed by atoms with Gasteiger partial charge >= 0.3 is 0 Å². The summed E-state index contributed by atoms with van der Waals surface area (Å²) >= 11 is 0. The number of amides is 11. The molecule has 25 nitrogen and oxygen atoms in total. The Morgan fingerprint density at radius 3 is 1.21 bits per heavy atom. The van der Waals surface area contributed by atoms with Crippen LogP contribution in [0.2, 0.25) is 0 Å². The number of primary amides is 1. The maximum absolute atomic E-state index is 15.2. The molecule has 0 radical (unpaired) electrons. The van der Waals surface area contributed by atoms with Crippen molar-refractivity contribution in [2.24, 2.45) is 23.3 Å². The number of benzene rings is 5. The minimum absolute atomic E-state index is 0.0177. The number of nitrogens with zero attached hydrogens (tertiary/aromatic N) is 1. The van der Waals surface area contributed by atoms with Gasteiger partial charge in [-0.25, -0.2) is 0 Å². The van der Waals surface area contributed by atoms with Crippen LogP contribution in [0.4, 0.5) is 0 Å². The summed E-state index contributed by atoms with van der Waals surface area (Å²) in [5, 5.41) is 45.1. The average Bonchev–Trinajstić information content (AvgIpc) is 1.82. The lowest BCUT2D eigenvalue weighted by molar-refractivity contribution is -0.142. The fourth-order valence-electron chi connectivity index (χ4n) is 11.5. The van der Waals surface area contributed by atoms with E-state index in [1.165, 1.54) is 53.4 Å². The van der Waals surface area contributed by atoms with Gasteiger partial charge in [0.25, 0.3) is 0 Å². The number of nitrogens with one attached hydrogen (secondary N) is 9. The van der Waals surface area contributed by atoms with Crippen LogP contribution in [0.15, 0.2) is 140 Å². The predicted molar refractivity (Wildman–Crippen MR) is 353 cm³/mol. The van der Waals surface area contributed by atoms with Gasteiger partial charge in [0.2, 0.25) is 65.0 Å². The van der Waals surface area contributed by atoms with Crippen LogP contribution in [-0.2, 0) is 84.8 Å². The van der Waals surface area contributed by atoms with E-state index in [0.717, 1.165) is 0 Å². The lowest BCUT2D eigenvalue weighted by atomic mass is 9.98. The van der Waals surface area contributed by atoms with E-state index in [9.17, 15) is 53.4 Å². The Morgan fingerprint density at radius 1 is 0.442 bits per heavy atom. The number of phenolic OH excluding ortho intramolecular Hbond substituents is 2. The van der Waals surface area contributed by atoms with Gasteiger partial charge < -0.3 is 74.4 Å². The number of fused-ring (bicyclic) bond motifs is 1. The highest BCUT2D eigenvalue weighted by atomic mass is 16.3. The first-order valence-corrected chi connectivity index (χ1v) is 32.1. The number of nitrogens with two attached hydrogens (primary N) is 2. The van der Waals surface area contributed by atoms with Crippen molar-refractivity contribution in [1.82, 2.24) is 52.8 Å². The minimum atomic E-state index is -1.81. The molecule has 2 aliphatic rings. The summed E-state index contributed by atoms with van der Waals surface area (Å²) in [4.78, 5) is 163. The highest BCUT2D eigenvalue weighted by Crippen LogP contribution is 2.22. The van der Waals surface area contributed by atoms with Crippen molar-refractivity contribution >= 4 is 65.0 Å². The molecule has 5 aromatic rings. The Morgan fingerprint density at radius 2 is 0.789 bits per heavy atom. The molecule has 0 saturated carbocycles. The molecule has 2 fully saturated rings. The van der Waals surface area contributed by atoms with Crippen LogP contribution in [0.5, 0.6) is 11.5 Å². The number of hydrogen-bond acceptors (Lipinski definition) is 14. The normalized spacial score (nSPS) is 23.5. The van der Waals surface area contributed by atoms with Crippen molar-refractivity contribution in [3.05, 3.63) is 167 Å². The van der Waals surface area contributed by atoms with E-state index < -0.39 is 138 Å². The minimum Gasteiger partial charge on any atom is -0.508 e. The molecule has 506 valence electrons. The number of aromatic hydroxyl groups is 2. The molecule has 2 aliphatic heterocycles. The Kier molecular flexibility index (Phi) is 26.8. The zero-order chi connectivity index (χ0) is 68.7. The number of carbonyl (C=O) groups is 11. The zero-order valence-corrected chi connectivity index (χ0v) is 53.9. The van der Waals surface area contributed by atoms with Crippen molar-refractivity contribution < 1.29 is 63.0 Å². The average molecular weight is 1310 g/mol. The molecule has 0 aromatic heterocycles. The molecule has 15 N–H and O–H groups in total. The van der Waals surface area contributed by atoms with Crippen LogP contribution >= 0.6 is 0 Å². The number of hydrogen-bond donors (Lipinski definition) is 13. The molecule has 25 heteroatoms. The number of rotatable bonds is 18. The van der Waals surface area contributed by atoms with Crippen molar-refractivity contribution in [3.8, 4) is 11.5 Å². The first-order chi connectivity index (χ1) is 45.4. The van der Waals surface area contributed by atoms with Gasteiger partial charge in [0.15, 0.2) is 0 Å². The second kappa shape index (κ2) is 35.2. The highest BCUT2D eigenvalue weighted by molar-refractivity contribution is 6.00. The van der Waals surface area contributed by atoms with Crippen molar-refractivity contribution in [1.29, 1.82) is 0 Å². The van der Waals surface area contributed by atoms with E-state index in [-0.39, 0.29) is 88.3 Å². The Bertz CT molecular complexity index is 3450. The monoisotopic (exact) mass is 1300 g/mol. The first kappa shape index (κ1) is 72.3. The third-order valence-electron chi connectivity index (χ3n) is 16.5. The fraction of sp³-hybridized carbons (Fsp3) is 0.414. The summed E-state index contributed by atoms with van der Waals surface area (Å²) in [6.45, 7) is 7.12. The third kappa shape index (κ3) is 22.0. The first-order valence-electron chi connectivity index (χ1n) is 32.1. The van der Waals surface area contributed by atoms with E-state index >= 15 is 9.59 Å². The number of carbonyl (C=O) groups excluding carboxylic acids is 11. The topological polar surface area (TPSA) is 392 Å². The fourth-order valence-corrected chi connectivity index (χ4v) is 11.5. The van der Waals surface area contributed by atoms with E-state index in [1.54, 1.807) is 105 Å². The Balaban J connectivity index is 1.33. The highest BCUT2D eigenvalue weighted by Gasteiger charge is 2.42. The van der Waals surface area contributed by atoms with Crippen LogP contribution in [-0.4, -0.2) is 154 Å². The molecule has 0 spiro atoms. The second-order valence-corrected chi connectivity index (χ2v) is 25.0. The summed E-state index contributed by atoms with van der Waals surface area (Å²) in [6.07, 6.45) is -0.948. The van der Waals surface area contributed by atoms with Crippen LogP contribution in [0.3, 0.4) is 0 Å². The van der Waals surface area contributed by atoms with E-state index in [4.69, 9.17) is 11.5 Å². The SMILES string of the molecule is CC(C)C[C@@H]1NC(=O)[C@H](CCCN)NC(=O)[C@H](C(C)C)NC(=O)[C@H](Cc2ccc(O)cc2)NC(=O)[C@H](Cc2ccc(O)cc2)NC(=O)[C@H](CC(N)=O)NC(=O)[C@@H](Cc2ccccc2)NC(=O)[C@H](Cc2ccccc2)NC(=O)[C@@H]2CCCN2C(=O)[C@@H](Cc2ccccc2)NC1=O. The summed E-state index contributed by atoms with van der Waals surface area (Å²) in [5.74, 6) is -10.7. The Labute approximate surface area is 552 Å². The summed E-state index contributed by atoms with van der Waals surface area (Å²) in [6, 6.07) is 23.1. The maximum Gasteiger partial charge on any atom is 0.246 e. The molecule has 0 unspecified atom stereocenters. The lowest BCUT2D eigenvalue weighted by Gasteiger charge is -2.32. The van der Waals surface area contributed by atoms with Crippen LogP contribution in [0, 0.1) is 11.8 Å². The smallest absolute Gasteiger partial charge is 0.246 e. The molecule has 0 bridgehead atoms. The van der Waals surface area contributed by atoms with Gasteiger partial charge in [0.05, 0.1) is 6.42 Å². The quantitative estimate of drug-likeness (QED) is 0.0588. The van der Waals surface area contributed by atoms with E-state index in [1.807, 2.05) is 13.8 Å². The van der Waals surface area contributed by atoms with Crippen molar-refractivity contribution in [3.63, 3.8) is 0 Å². The molecular formula is C70H88N12O13. The lowest BCUT2D eigenvalue weighted by Crippen LogP contribution is -2.62. The molecule has 11 amide bonds. The van der Waals surface area contributed by atoms with Crippen LogP contribution < -0.4 is 59.3 Å². The van der Waals surface area contributed by atoms with E-state index in [0.29, 0.717) is 34.2 Å². The van der Waals surface area contributed by atoms with Gasteiger partial charge in [0, 0.05) is 38.6 Å². The second-order valence-electron chi connectivity index (χ2n) is 25.0. The molecular weight excluding hydrogens is 1220 g/mol. The van der Waals surface area contributed by atoms with Gasteiger partial charge in [-0.2, -0.15) is 0 Å². The van der Waals surface area contributed by atoms with Gasteiger partial charge in [-0.3, -0.25) is 52.7 Å². The standard InChI is InChI=1S/C70H88N12O13/c1-41(2)34-51-62(87)80-57(39-45-20-12-7-13-21-45)70(95)82-33-15-23-58(82)68(93)79-54(36-44-18-10-6-11-19-44)65(90)75-52(35-43-16-8-5-9-17-43)64(89)78-56(40-59(72)85)66(91)76-53(37-46-24-28-48(83)29-25-46)63(88)77-55(38-47-26-30-49(84)31-27-47)67(92)81-60(42(3)4)69(94)73-50(22-14-32-71)61(86)74-51/h5-13,16-21,24-31,41-42,50-58,60,83-84H,14-15,22-23,32-40,71H2,1-4H3,(H2,72,85)(H,73,94)(H,74,86)(H,75,90)(H,76,91)(H,77,88)(H,78,89)(H,79,93)(H,80,87)(H,81,92)/t50-,51-,52+,53-,54-,55-,56-,57+,58-,60-/m0/s1. The Hall–Kier alpha value is -10.2. The molecule has 2 saturated heterocycles. The predicted octanol–water partition coefficient (Wildman–Crippen LogP) is 1.30. The summed E-state index contributed by atoms with van der Waals surface area (Å²) in [5.41, 5.74) is 14.3. The molecule has 5 aromatic carbocycles. The van der Waals surface area contributed by atoms with Gasteiger partial charge in [-0.05, 0) is 103 Å². The third-order valence-corrected chi connectivity index (χ3v) is 16.5. The largest absolute Gasteiger partial charge is 0.508 e. The molecule has 10 atom stereocenters. The summed E-state index contributed by atoms with van der Waals surface area (Å²) < 4.78 is 0. The van der Waals surface area contributed by atoms with Crippen LogP contribution in [0.25, 0.3) is 0 Å². The molecule has 2 heterocycles. The molecule has 0 aliphatic carbocycles. The van der Waals surface area contributed by atoms with Gasteiger partial charge in [0.1, 0.15) is 71.9 Å². The van der Waals surface area contributed by atoms with E-state index in [2.05, 4.69) is 47.9 Å².